The van der Waals surface area contributed by atoms with Crippen LogP contribution in [0.5, 0.6) is 0 Å². The molecule has 14 heteroatoms. The standard InChI is InChI=1S/C18H22F7N3O3S/c19-14-8-12(7-13(9-14)17(20,21)22)16(29)27-10-11-1-3-15(4-2-11)26-5-6-28-32(30,31)18(23,24)25/h7-9,11,15,26,28H,1-6,10H2,(H,27,29). The Morgan fingerprint density at radius 3 is 2.16 bits per heavy atom. The molecule has 0 aliphatic heterocycles. The molecule has 0 aromatic heterocycles. The van der Waals surface area contributed by atoms with Crippen molar-refractivity contribution in [3.8, 4) is 0 Å². The summed E-state index contributed by atoms with van der Waals surface area (Å²) in [6.45, 7) is -0.247. The molecule has 1 fully saturated rings. The van der Waals surface area contributed by atoms with Gasteiger partial charge in [-0.1, -0.05) is 0 Å². The number of hydrogen-bond donors (Lipinski definition) is 3. The first-order valence-corrected chi connectivity index (χ1v) is 11.1. The lowest BCUT2D eigenvalue weighted by atomic mass is 9.86. The monoisotopic (exact) mass is 493 g/mol. The molecule has 0 unspecified atom stereocenters. The van der Waals surface area contributed by atoms with E-state index in [4.69, 9.17) is 0 Å². The summed E-state index contributed by atoms with van der Waals surface area (Å²) in [7, 11) is -5.38. The fourth-order valence-electron chi connectivity index (χ4n) is 3.34. The van der Waals surface area contributed by atoms with E-state index in [1.165, 1.54) is 4.72 Å². The Hall–Kier alpha value is -1.93. The number of halogens is 7. The van der Waals surface area contributed by atoms with Crippen LogP contribution in [0.15, 0.2) is 18.2 Å². The number of alkyl halides is 6. The van der Waals surface area contributed by atoms with Gasteiger partial charge in [-0.15, -0.1) is 0 Å². The average Bonchev–Trinajstić information content (AvgIpc) is 2.68. The van der Waals surface area contributed by atoms with Crippen molar-refractivity contribution < 1.29 is 43.9 Å². The first-order chi connectivity index (χ1) is 14.7. The van der Waals surface area contributed by atoms with Crippen molar-refractivity contribution in [3.05, 3.63) is 35.1 Å². The number of benzene rings is 1. The maximum Gasteiger partial charge on any atom is 0.511 e. The normalized spacial score (nSPS) is 20.2. The molecule has 1 aromatic carbocycles. The fourth-order valence-corrected chi connectivity index (χ4v) is 3.87. The minimum absolute atomic E-state index is 0.00247. The molecule has 0 saturated heterocycles. The van der Waals surface area contributed by atoms with Gasteiger partial charge in [-0.3, -0.25) is 4.79 Å². The summed E-state index contributed by atoms with van der Waals surface area (Å²) in [5.74, 6) is -1.97. The third-order valence-electron chi connectivity index (χ3n) is 5.04. The molecule has 182 valence electrons. The molecule has 0 spiro atoms. The van der Waals surface area contributed by atoms with Gasteiger partial charge in [0.1, 0.15) is 5.82 Å². The molecule has 3 N–H and O–H groups in total. The summed E-state index contributed by atoms with van der Waals surface area (Å²) in [5.41, 5.74) is -7.06. The Kier molecular flexibility index (Phi) is 8.50. The lowest BCUT2D eigenvalue weighted by Crippen LogP contribution is -2.43. The Balaban J connectivity index is 1.73. The summed E-state index contributed by atoms with van der Waals surface area (Å²) in [5, 5.41) is 5.45. The summed E-state index contributed by atoms with van der Waals surface area (Å²) in [4.78, 5) is 12.1. The number of amides is 1. The minimum Gasteiger partial charge on any atom is -0.352 e. The molecule has 0 atom stereocenters. The smallest absolute Gasteiger partial charge is 0.352 e. The Bertz CT molecular complexity index is 896. The van der Waals surface area contributed by atoms with Gasteiger partial charge in [0.05, 0.1) is 5.56 Å². The Morgan fingerprint density at radius 2 is 1.59 bits per heavy atom. The van der Waals surface area contributed by atoms with Crippen LogP contribution in [0.25, 0.3) is 0 Å². The molecule has 1 aromatic rings. The van der Waals surface area contributed by atoms with Crippen LogP contribution < -0.4 is 15.4 Å². The molecule has 1 amide bonds. The van der Waals surface area contributed by atoms with Crippen molar-refractivity contribution in [2.24, 2.45) is 5.92 Å². The Labute approximate surface area is 180 Å². The molecular formula is C18H22F7N3O3S. The molecular weight excluding hydrogens is 471 g/mol. The van der Waals surface area contributed by atoms with E-state index < -0.39 is 51.1 Å². The van der Waals surface area contributed by atoms with E-state index in [2.05, 4.69) is 10.6 Å². The minimum atomic E-state index is -5.38. The van der Waals surface area contributed by atoms with E-state index in [1.54, 1.807) is 0 Å². The zero-order chi connectivity index (χ0) is 24.2. The highest BCUT2D eigenvalue weighted by Gasteiger charge is 2.45. The van der Waals surface area contributed by atoms with Gasteiger partial charge < -0.3 is 10.6 Å². The van der Waals surface area contributed by atoms with E-state index >= 15 is 0 Å². The summed E-state index contributed by atoms with van der Waals surface area (Å²) < 4.78 is 112. The van der Waals surface area contributed by atoms with Crippen molar-refractivity contribution in [2.75, 3.05) is 19.6 Å². The van der Waals surface area contributed by atoms with E-state index in [9.17, 15) is 43.9 Å². The molecule has 6 nitrogen and oxygen atoms in total. The molecule has 2 rings (SSSR count). The van der Waals surface area contributed by atoms with Crippen LogP contribution in [-0.4, -0.2) is 45.5 Å². The van der Waals surface area contributed by atoms with Crippen LogP contribution in [0.3, 0.4) is 0 Å². The van der Waals surface area contributed by atoms with E-state index in [1.807, 2.05) is 0 Å². The summed E-state index contributed by atoms with van der Waals surface area (Å²) in [6.07, 6.45) is -2.29. The Morgan fingerprint density at radius 1 is 0.969 bits per heavy atom. The quantitative estimate of drug-likeness (QED) is 0.384. The van der Waals surface area contributed by atoms with Crippen LogP contribution in [0.2, 0.25) is 0 Å². The molecule has 1 saturated carbocycles. The van der Waals surface area contributed by atoms with E-state index in [0.717, 1.165) is 6.07 Å². The second kappa shape index (κ2) is 10.3. The van der Waals surface area contributed by atoms with Gasteiger partial charge in [0.15, 0.2) is 0 Å². The number of hydrogen-bond acceptors (Lipinski definition) is 4. The summed E-state index contributed by atoms with van der Waals surface area (Å²) in [6, 6.07) is 1.55. The molecule has 32 heavy (non-hydrogen) atoms. The topological polar surface area (TPSA) is 87.3 Å². The predicted molar refractivity (Wildman–Crippen MR) is 100 cm³/mol. The van der Waals surface area contributed by atoms with Gasteiger partial charge in [-0.25, -0.2) is 17.5 Å². The number of carbonyl (C=O) groups excluding carboxylic acids is 1. The van der Waals surface area contributed by atoms with Gasteiger partial charge >= 0.3 is 21.7 Å². The molecule has 0 bridgehead atoms. The maximum atomic E-state index is 13.4. The highest BCUT2D eigenvalue weighted by Crippen LogP contribution is 2.30. The predicted octanol–water partition coefficient (Wildman–Crippen LogP) is 3.16. The van der Waals surface area contributed by atoms with Crippen LogP contribution in [-0.2, 0) is 16.2 Å². The summed E-state index contributed by atoms with van der Waals surface area (Å²) >= 11 is 0. The van der Waals surface area contributed by atoms with E-state index in [-0.39, 0.29) is 25.0 Å². The van der Waals surface area contributed by atoms with Gasteiger partial charge in [0.2, 0.25) is 0 Å². The van der Waals surface area contributed by atoms with Crippen molar-refractivity contribution in [1.82, 2.24) is 15.4 Å². The van der Waals surface area contributed by atoms with E-state index in [0.29, 0.717) is 37.8 Å². The maximum absolute atomic E-state index is 13.4. The lowest BCUT2D eigenvalue weighted by Gasteiger charge is -2.29. The average molecular weight is 493 g/mol. The second-order valence-corrected chi connectivity index (χ2v) is 9.21. The number of sulfonamides is 1. The molecule has 0 heterocycles. The van der Waals surface area contributed by atoms with Crippen LogP contribution in [0, 0.1) is 11.7 Å². The number of carbonyl (C=O) groups is 1. The van der Waals surface area contributed by atoms with Gasteiger partial charge in [-0.2, -0.15) is 26.3 Å². The van der Waals surface area contributed by atoms with Crippen LogP contribution in [0.1, 0.15) is 41.6 Å². The largest absolute Gasteiger partial charge is 0.511 e. The second-order valence-electron chi connectivity index (χ2n) is 7.45. The van der Waals surface area contributed by atoms with Crippen molar-refractivity contribution >= 4 is 15.9 Å². The van der Waals surface area contributed by atoms with Crippen molar-refractivity contribution in [1.29, 1.82) is 0 Å². The fraction of sp³-hybridized carbons (Fsp3) is 0.611. The van der Waals surface area contributed by atoms with Gasteiger partial charge in [0.25, 0.3) is 5.91 Å². The first kappa shape index (κ1) is 26.3. The number of nitrogens with one attached hydrogen (secondary N) is 3. The van der Waals surface area contributed by atoms with Gasteiger partial charge in [0, 0.05) is 31.2 Å². The zero-order valence-electron chi connectivity index (χ0n) is 16.6. The van der Waals surface area contributed by atoms with Crippen LogP contribution >= 0.6 is 0 Å². The third-order valence-corrected chi connectivity index (χ3v) is 6.23. The van der Waals surface area contributed by atoms with Crippen LogP contribution in [0.4, 0.5) is 30.7 Å². The highest BCUT2D eigenvalue weighted by atomic mass is 32.2. The lowest BCUT2D eigenvalue weighted by molar-refractivity contribution is -0.137. The highest BCUT2D eigenvalue weighted by molar-refractivity contribution is 7.90. The van der Waals surface area contributed by atoms with Crippen molar-refractivity contribution in [3.63, 3.8) is 0 Å². The number of rotatable bonds is 8. The molecule has 0 radical (unpaired) electrons. The third kappa shape index (κ3) is 7.59. The zero-order valence-corrected chi connectivity index (χ0v) is 17.4. The SMILES string of the molecule is O=C(NCC1CCC(NCCNS(=O)(=O)C(F)(F)F)CC1)c1cc(F)cc(C(F)(F)F)c1. The molecule has 1 aliphatic carbocycles. The molecule has 1 aliphatic rings. The van der Waals surface area contributed by atoms with Gasteiger partial charge in [-0.05, 0) is 49.8 Å². The first-order valence-electron chi connectivity index (χ1n) is 9.64. The van der Waals surface area contributed by atoms with Crippen molar-refractivity contribution in [2.45, 2.75) is 43.4 Å².